The predicted octanol–water partition coefficient (Wildman–Crippen LogP) is 4.41. The van der Waals surface area contributed by atoms with Crippen LogP contribution in [0.2, 0.25) is 0 Å². The summed E-state index contributed by atoms with van der Waals surface area (Å²) >= 11 is 0. The number of rotatable bonds is 4. The summed E-state index contributed by atoms with van der Waals surface area (Å²) in [5, 5.41) is 0. The van der Waals surface area contributed by atoms with Crippen molar-refractivity contribution in [3.8, 4) is 5.75 Å². The van der Waals surface area contributed by atoms with Crippen LogP contribution in [0.3, 0.4) is 0 Å². The van der Waals surface area contributed by atoms with Crippen molar-refractivity contribution in [1.82, 2.24) is 0 Å². The van der Waals surface area contributed by atoms with E-state index in [1.54, 1.807) is 0 Å². The molecule has 0 spiro atoms. The summed E-state index contributed by atoms with van der Waals surface area (Å²) in [5.74, 6) is 1.51. The standard InChI is InChI=1S/C18H22O2/c1-4-20-17-9-5-14(6-10-17)12-16-8-7-15(18(16)19)11-13(2)3/h5-6,9-13H,4,7-8H2,1-3H3. The van der Waals surface area contributed by atoms with Gasteiger partial charge in [0.2, 0.25) is 0 Å². The van der Waals surface area contributed by atoms with Gasteiger partial charge in [-0.1, -0.05) is 32.1 Å². The average Bonchev–Trinajstić information content (AvgIpc) is 2.74. The van der Waals surface area contributed by atoms with Crippen molar-refractivity contribution < 1.29 is 9.53 Å². The largest absolute Gasteiger partial charge is 0.494 e. The Morgan fingerprint density at radius 1 is 1.15 bits per heavy atom. The molecule has 0 heterocycles. The third-order valence-corrected chi connectivity index (χ3v) is 3.31. The van der Waals surface area contributed by atoms with Gasteiger partial charge in [-0.25, -0.2) is 0 Å². The second-order valence-electron chi connectivity index (χ2n) is 5.44. The number of benzene rings is 1. The first kappa shape index (κ1) is 14.6. The minimum Gasteiger partial charge on any atom is -0.494 e. The smallest absolute Gasteiger partial charge is 0.184 e. The molecular formula is C18H22O2. The fraction of sp³-hybridized carbons (Fsp3) is 0.389. The van der Waals surface area contributed by atoms with E-state index in [9.17, 15) is 4.79 Å². The zero-order valence-electron chi connectivity index (χ0n) is 12.5. The Morgan fingerprint density at radius 3 is 2.40 bits per heavy atom. The number of Topliss-reactive ketones (excluding diaryl/α,β-unsaturated/α-hetero) is 1. The molecule has 0 N–H and O–H groups in total. The highest BCUT2D eigenvalue weighted by atomic mass is 16.5. The Bertz CT molecular complexity index is 533. The van der Waals surface area contributed by atoms with Crippen LogP contribution in [-0.4, -0.2) is 12.4 Å². The fourth-order valence-electron chi connectivity index (χ4n) is 2.43. The highest BCUT2D eigenvalue weighted by Gasteiger charge is 2.22. The molecule has 1 aliphatic rings. The van der Waals surface area contributed by atoms with Gasteiger partial charge in [-0.2, -0.15) is 0 Å². The van der Waals surface area contributed by atoms with E-state index in [1.165, 1.54) is 0 Å². The number of carbonyl (C=O) groups is 1. The van der Waals surface area contributed by atoms with Gasteiger partial charge in [-0.05, 0) is 55.0 Å². The second-order valence-corrected chi connectivity index (χ2v) is 5.44. The van der Waals surface area contributed by atoms with Crippen LogP contribution in [-0.2, 0) is 4.79 Å². The van der Waals surface area contributed by atoms with E-state index < -0.39 is 0 Å². The Labute approximate surface area is 121 Å². The first-order valence-corrected chi connectivity index (χ1v) is 7.29. The lowest BCUT2D eigenvalue weighted by Gasteiger charge is -2.03. The summed E-state index contributed by atoms with van der Waals surface area (Å²) in [7, 11) is 0. The van der Waals surface area contributed by atoms with Crippen LogP contribution in [0.1, 0.15) is 39.2 Å². The number of ether oxygens (including phenoxy) is 1. The van der Waals surface area contributed by atoms with Crippen molar-refractivity contribution in [2.45, 2.75) is 33.6 Å². The number of hydrogen-bond acceptors (Lipinski definition) is 2. The maximum absolute atomic E-state index is 12.3. The van der Waals surface area contributed by atoms with Gasteiger partial charge in [0.15, 0.2) is 5.78 Å². The molecule has 0 saturated heterocycles. The SMILES string of the molecule is CCOc1ccc(C=C2CCC(=CC(C)C)C2=O)cc1. The quantitative estimate of drug-likeness (QED) is 0.757. The van der Waals surface area contributed by atoms with Crippen LogP contribution < -0.4 is 4.74 Å². The van der Waals surface area contributed by atoms with Crippen LogP contribution >= 0.6 is 0 Å². The van der Waals surface area contributed by atoms with E-state index in [4.69, 9.17) is 4.74 Å². The Hall–Kier alpha value is -1.83. The molecule has 106 valence electrons. The molecule has 2 nitrogen and oxygen atoms in total. The first-order chi connectivity index (χ1) is 9.60. The van der Waals surface area contributed by atoms with Gasteiger partial charge in [-0.15, -0.1) is 0 Å². The van der Waals surface area contributed by atoms with E-state index in [0.717, 1.165) is 35.3 Å². The first-order valence-electron chi connectivity index (χ1n) is 7.29. The average molecular weight is 270 g/mol. The van der Waals surface area contributed by atoms with Crippen molar-refractivity contribution in [2.24, 2.45) is 5.92 Å². The number of allylic oxidation sites excluding steroid dienone is 3. The van der Waals surface area contributed by atoms with E-state index in [2.05, 4.69) is 19.9 Å². The Kier molecular flexibility index (Phi) is 4.78. The van der Waals surface area contributed by atoms with Crippen LogP contribution in [0.4, 0.5) is 0 Å². The Balaban J connectivity index is 2.14. The molecule has 1 aromatic carbocycles. The summed E-state index contributed by atoms with van der Waals surface area (Å²) < 4.78 is 5.42. The number of hydrogen-bond donors (Lipinski definition) is 0. The van der Waals surface area contributed by atoms with E-state index >= 15 is 0 Å². The summed E-state index contributed by atoms with van der Waals surface area (Å²) in [6, 6.07) is 7.88. The lowest BCUT2D eigenvalue weighted by molar-refractivity contribution is -0.111. The van der Waals surface area contributed by atoms with Crippen LogP contribution in [0.25, 0.3) is 6.08 Å². The second kappa shape index (κ2) is 6.56. The van der Waals surface area contributed by atoms with Gasteiger partial charge in [0.1, 0.15) is 5.75 Å². The lowest BCUT2D eigenvalue weighted by atomic mass is 10.1. The topological polar surface area (TPSA) is 26.3 Å². The molecule has 1 aromatic rings. The zero-order valence-corrected chi connectivity index (χ0v) is 12.5. The van der Waals surface area contributed by atoms with E-state index in [0.29, 0.717) is 12.5 Å². The summed E-state index contributed by atoms with van der Waals surface area (Å²) in [6.07, 6.45) is 5.81. The summed E-state index contributed by atoms with van der Waals surface area (Å²) in [6.45, 7) is 6.85. The van der Waals surface area contributed by atoms with Gasteiger partial charge >= 0.3 is 0 Å². The molecule has 0 bridgehead atoms. The number of carbonyl (C=O) groups excluding carboxylic acids is 1. The van der Waals surface area contributed by atoms with Crippen molar-refractivity contribution in [3.63, 3.8) is 0 Å². The van der Waals surface area contributed by atoms with Crippen LogP contribution in [0.15, 0.2) is 41.5 Å². The molecule has 0 radical (unpaired) electrons. The molecule has 0 aliphatic heterocycles. The normalized spacial score (nSPS) is 19.3. The molecule has 0 unspecified atom stereocenters. The minimum absolute atomic E-state index is 0.215. The van der Waals surface area contributed by atoms with Crippen LogP contribution in [0.5, 0.6) is 5.75 Å². The fourth-order valence-corrected chi connectivity index (χ4v) is 2.43. The van der Waals surface area contributed by atoms with Crippen molar-refractivity contribution >= 4 is 11.9 Å². The van der Waals surface area contributed by atoms with Gasteiger partial charge in [0.25, 0.3) is 0 Å². The summed E-state index contributed by atoms with van der Waals surface area (Å²) in [5.41, 5.74) is 2.95. The predicted molar refractivity (Wildman–Crippen MR) is 82.8 cm³/mol. The van der Waals surface area contributed by atoms with Gasteiger partial charge in [-0.3, -0.25) is 4.79 Å². The maximum atomic E-state index is 12.3. The maximum Gasteiger partial charge on any atom is 0.184 e. The minimum atomic E-state index is 0.215. The van der Waals surface area contributed by atoms with Crippen molar-refractivity contribution in [1.29, 1.82) is 0 Å². The molecule has 2 rings (SSSR count). The molecule has 1 fully saturated rings. The highest BCUT2D eigenvalue weighted by Crippen LogP contribution is 2.29. The molecule has 0 atom stereocenters. The number of ketones is 1. The van der Waals surface area contributed by atoms with Crippen molar-refractivity contribution in [3.05, 3.63) is 47.1 Å². The third kappa shape index (κ3) is 3.60. The molecule has 0 amide bonds. The van der Waals surface area contributed by atoms with Crippen molar-refractivity contribution in [2.75, 3.05) is 6.61 Å². The molecule has 1 saturated carbocycles. The lowest BCUT2D eigenvalue weighted by Crippen LogP contribution is -1.97. The molecule has 2 heteroatoms. The van der Waals surface area contributed by atoms with E-state index in [1.807, 2.05) is 37.3 Å². The molecular weight excluding hydrogens is 248 g/mol. The van der Waals surface area contributed by atoms with Gasteiger partial charge in [0.05, 0.1) is 6.61 Å². The monoisotopic (exact) mass is 270 g/mol. The molecule has 20 heavy (non-hydrogen) atoms. The summed E-state index contributed by atoms with van der Waals surface area (Å²) in [4.78, 5) is 12.3. The molecule has 1 aliphatic carbocycles. The highest BCUT2D eigenvalue weighted by molar-refractivity contribution is 6.13. The van der Waals surface area contributed by atoms with Gasteiger partial charge in [0, 0.05) is 5.57 Å². The van der Waals surface area contributed by atoms with E-state index in [-0.39, 0.29) is 5.78 Å². The third-order valence-electron chi connectivity index (χ3n) is 3.31. The Morgan fingerprint density at radius 2 is 1.80 bits per heavy atom. The molecule has 0 aromatic heterocycles. The van der Waals surface area contributed by atoms with Crippen LogP contribution in [0, 0.1) is 5.92 Å². The zero-order chi connectivity index (χ0) is 14.5. The van der Waals surface area contributed by atoms with Gasteiger partial charge < -0.3 is 4.74 Å².